The Morgan fingerprint density at radius 2 is 2.16 bits per heavy atom. The SMILES string of the molecule is CCOCCCNC(C#N)c1ccc([N+](=O)[O-])cc1. The first-order valence-corrected chi connectivity index (χ1v) is 6.14. The number of benzene rings is 1. The van der Waals surface area contributed by atoms with Gasteiger partial charge in [-0.25, -0.2) is 0 Å². The van der Waals surface area contributed by atoms with Gasteiger partial charge in [-0.05, 0) is 37.6 Å². The van der Waals surface area contributed by atoms with Crippen LogP contribution < -0.4 is 5.32 Å². The normalized spacial score (nSPS) is 11.8. The van der Waals surface area contributed by atoms with Gasteiger partial charge in [0.1, 0.15) is 6.04 Å². The molecule has 0 aromatic heterocycles. The van der Waals surface area contributed by atoms with Crippen LogP contribution in [0.25, 0.3) is 0 Å². The molecule has 1 N–H and O–H groups in total. The van der Waals surface area contributed by atoms with Crippen LogP contribution >= 0.6 is 0 Å². The average Bonchev–Trinajstić information content (AvgIpc) is 2.43. The van der Waals surface area contributed by atoms with Crippen LogP contribution in [-0.4, -0.2) is 24.7 Å². The van der Waals surface area contributed by atoms with E-state index in [0.717, 1.165) is 12.0 Å². The van der Waals surface area contributed by atoms with Gasteiger partial charge in [0.2, 0.25) is 0 Å². The van der Waals surface area contributed by atoms with Crippen molar-refractivity contribution in [2.24, 2.45) is 0 Å². The van der Waals surface area contributed by atoms with Crippen LogP contribution in [0.4, 0.5) is 5.69 Å². The first-order valence-electron chi connectivity index (χ1n) is 6.14. The van der Waals surface area contributed by atoms with Gasteiger partial charge in [0, 0.05) is 25.3 Å². The Bertz CT molecular complexity index is 439. The highest BCUT2D eigenvalue weighted by Crippen LogP contribution is 2.17. The summed E-state index contributed by atoms with van der Waals surface area (Å²) in [5, 5.41) is 22.7. The molecular weight excluding hydrogens is 246 g/mol. The van der Waals surface area contributed by atoms with Crippen molar-refractivity contribution in [1.82, 2.24) is 5.32 Å². The minimum atomic E-state index is -0.458. The van der Waals surface area contributed by atoms with E-state index in [1.54, 1.807) is 12.1 Å². The van der Waals surface area contributed by atoms with Crippen LogP contribution in [0.2, 0.25) is 0 Å². The zero-order valence-corrected chi connectivity index (χ0v) is 10.8. The Balaban J connectivity index is 2.50. The number of nitro benzene ring substituents is 1. The monoisotopic (exact) mass is 263 g/mol. The lowest BCUT2D eigenvalue weighted by atomic mass is 10.1. The summed E-state index contributed by atoms with van der Waals surface area (Å²) in [5.74, 6) is 0. The van der Waals surface area contributed by atoms with Crippen LogP contribution in [0.15, 0.2) is 24.3 Å². The van der Waals surface area contributed by atoms with E-state index >= 15 is 0 Å². The second-order valence-corrected chi connectivity index (χ2v) is 3.92. The van der Waals surface area contributed by atoms with E-state index in [2.05, 4.69) is 11.4 Å². The number of rotatable bonds is 8. The van der Waals surface area contributed by atoms with Gasteiger partial charge >= 0.3 is 0 Å². The Kier molecular flexibility index (Phi) is 6.50. The molecule has 0 heterocycles. The number of non-ortho nitro benzene ring substituents is 1. The van der Waals surface area contributed by atoms with E-state index in [1.165, 1.54) is 12.1 Å². The lowest BCUT2D eigenvalue weighted by Crippen LogP contribution is -2.22. The lowest BCUT2D eigenvalue weighted by Gasteiger charge is -2.11. The van der Waals surface area contributed by atoms with Gasteiger partial charge in [0.15, 0.2) is 0 Å². The highest BCUT2D eigenvalue weighted by atomic mass is 16.6. The smallest absolute Gasteiger partial charge is 0.269 e. The second kappa shape index (κ2) is 8.19. The van der Waals surface area contributed by atoms with Crippen molar-refractivity contribution in [2.45, 2.75) is 19.4 Å². The zero-order valence-electron chi connectivity index (χ0n) is 10.8. The van der Waals surface area contributed by atoms with Crippen molar-refractivity contribution in [3.63, 3.8) is 0 Å². The van der Waals surface area contributed by atoms with Gasteiger partial charge in [-0.3, -0.25) is 15.4 Å². The van der Waals surface area contributed by atoms with Crippen molar-refractivity contribution >= 4 is 5.69 Å². The van der Waals surface area contributed by atoms with Crippen molar-refractivity contribution < 1.29 is 9.66 Å². The Hall–Kier alpha value is -1.97. The molecule has 6 heteroatoms. The third-order valence-corrected chi connectivity index (χ3v) is 2.58. The molecular formula is C13H17N3O3. The molecule has 1 atom stereocenters. The van der Waals surface area contributed by atoms with Crippen LogP contribution in [0.1, 0.15) is 24.9 Å². The summed E-state index contributed by atoms with van der Waals surface area (Å²) < 4.78 is 5.20. The van der Waals surface area contributed by atoms with E-state index in [0.29, 0.717) is 19.8 Å². The fourth-order valence-electron chi connectivity index (χ4n) is 1.59. The summed E-state index contributed by atoms with van der Waals surface area (Å²) in [6.45, 7) is 3.93. The molecule has 0 aliphatic rings. The third kappa shape index (κ3) is 5.04. The topological polar surface area (TPSA) is 88.2 Å². The van der Waals surface area contributed by atoms with Crippen LogP contribution in [-0.2, 0) is 4.74 Å². The van der Waals surface area contributed by atoms with Crippen molar-refractivity contribution in [1.29, 1.82) is 5.26 Å². The molecule has 0 spiro atoms. The Labute approximate surface area is 112 Å². The molecule has 0 amide bonds. The van der Waals surface area contributed by atoms with Crippen molar-refractivity contribution in [3.8, 4) is 6.07 Å². The van der Waals surface area contributed by atoms with Gasteiger partial charge in [0.25, 0.3) is 5.69 Å². The molecule has 102 valence electrons. The van der Waals surface area contributed by atoms with E-state index in [1.807, 2.05) is 6.92 Å². The van der Waals surface area contributed by atoms with Gasteiger partial charge < -0.3 is 4.74 Å². The highest BCUT2D eigenvalue weighted by molar-refractivity contribution is 5.35. The molecule has 0 fully saturated rings. The highest BCUT2D eigenvalue weighted by Gasteiger charge is 2.11. The molecule has 1 aromatic carbocycles. The number of hydrogen-bond acceptors (Lipinski definition) is 5. The average molecular weight is 263 g/mol. The lowest BCUT2D eigenvalue weighted by molar-refractivity contribution is -0.384. The molecule has 1 rings (SSSR count). The van der Waals surface area contributed by atoms with Crippen molar-refractivity contribution in [3.05, 3.63) is 39.9 Å². The predicted octanol–water partition coefficient (Wildman–Crippen LogP) is 2.18. The maximum Gasteiger partial charge on any atom is 0.269 e. The maximum atomic E-state index is 10.5. The van der Waals surface area contributed by atoms with E-state index < -0.39 is 11.0 Å². The minimum absolute atomic E-state index is 0.0248. The molecule has 19 heavy (non-hydrogen) atoms. The quantitative estimate of drug-likeness (QED) is 0.441. The number of nitriles is 1. The molecule has 0 aliphatic heterocycles. The fraction of sp³-hybridized carbons (Fsp3) is 0.462. The van der Waals surface area contributed by atoms with E-state index in [-0.39, 0.29) is 5.69 Å². The van der Waals surface area contributed by atoms with Crippen LogP contribution in [0.5, 0.6) is 0 Å². The van der Waals surface area contributed by atoms with Gasteiger partial charge in [0.05, 0.1) is 11.0 Å². The molecule has 0 saturated carbocycles. The first-order chi connectivity index (χ1) is 9.19. The molecule has 0 aliphatic carbocycles. The molecule has 1 unspecified atom stereocenters. The number of ether oxygens (including phenoxy) is 1. The molecule has 0 radical (unpaired) electrons. The van der Waals surface area contributed by atoms with E-state index in [9.17, 15) is 10.1 Å². The van der Waals surface area contributed by atoms with Crippen LogP contribution in [0, 0.1) is 21.4 Å². The summed E-state index contributed by atoms with van der Waals surface area (Å²) in [4.78, 5) is 10.1. The van der Waals surface area contributed by atoms with Gasteiger partial charge in [-0.2, -0.15) is 5.26 Å². The Morgan fingerprint density at radius 1 is 1.47 bits per heavy atom. The zero-order chi connectivity index (χ0) is 14.1. The van der Waals surface area contributed by atoms with Crippen LogP contribution in [0.3, 0.4) is 0 Å². The standard InChI is InChI=1S/C13H17N3O3/c1-2-19-9-3-8-15-13(10-14)11-4-6-12(7-5-11)16(17)18/h4-7,13,15H,2-3,8-9H2,1H3. The summed E-state index contributed by atoms with van der Waals surface area (Å²) in [5.41, 5.74) is 0.751. The Morgan fingerprint density at radius 3 is 2.68 bits per heavy atom. The largest absolute Gasteiger partial charge is 0.382 e. The number of nitrogens with one attached hydrogen (secondary N) is 1. The predicted molar refractivity (Wildman–Crippen MR) is 70.6 cm³/mol. The number of nitro groups is 1. The first kappa shape index (κ1) is 15.1. The minimum Gasteiger partial charge on any atom is -0.382 e. The molecule has 1 aromatic rings. The maximum absolute atomic E-state index is 10.5. The van der Waals surface area contributed by atoms with Gasteiger partial charge in [-0.15, -0.1) is 0 Å². The summed E-state index contributed by atoms with van der Waals surface area (Å²) in [6.07, 6.45) is 0.818. The summed E-state index contributed by atoms with van der Waals surface area (Å²) in [6, 6.07) is 7.69. The van der Waals surface area contributed by atoms with Gasteiger partial charge in [-0.1, -0.05) is 0 Å². The summed E-state index contributed by atoms with van der Waals surface area (Å²) >= 11 is 0. The number of nitrogens with zero attached hydrogens (tertiary/aromatic N) is 2. The fourth-order valence-corrected chi connectivity index (χ4v) is 1.59. The van der Waals surface area contributed by atoms with Crippen molar-refractivity contribution in [2.75, 3.05) is 19.8 Å². The third-order valence-electron chi connectivity index (χ3n) is 2.58. The molecule has 0 bridgehead atoms. The van der Waals surface area contributed by atoms with E-state index in [4.69, 9.17) is 10.00 Å². The molecule has 6 nitrogen and oxygen atoms in total. The molecule has 0 saturated heterocycles. The summed E-state index contributed by atoms with van der Waals surface area (Å²) in [7, 11) is 0. The number of hydrogen-bond donors (Lipinski definition) is 1. The second-order valence-electron chi connectivity index (χ2n) is 3.92.